The van der Waals surface area contributed by atoms with Gasteiger partial charge in [-0.15, -0.1) is 0 Å². The molecular formula is C12H24N2O3S. The van der Waals surface area contributed by atoms with Gasteiger partial charge in [-0.05, 0) is 33.1 Å². The third-order valence-corrected chi connectivity index (χ3v) is 5.11. The first-order valence-corrected chi connectivity index (χ1v) is 8.43. The Morgan fingerprint density at radius 2 is 2.17 bits per heavy atom. The zero-order valence-corrected chi connectivity index (χ0v) is 12.1. The molecule has 106 valence electrons. The molecule has 6 heteroatoms. The fraction of sp³-hybridized carbons (Fsp3) is 0.917. The summed E-state index contributed by atoms with van der Waals surface area (Å²) >= 11 is 0. The van der Waals surface area contributed by atoms with Gasteiger partial charge in [0.05, 0.1) is 11.5 Å². The smallest absolute Gasteiger partial charge is 0.222 e. The summed E-state index contributed by atoms with van der Waals surface area (Å²) in [6.45, 7) is 4.40. The van der Waals surface area contributed by atoms with Crippen LogP contribution in [0, 0.1) is 0 Å². The first-order chi connectivity index (χ1) is 8.35. The van der Waals surface area contributed by atoms with Crippen LogP contribution >= 0.6 is 0 Å². The minimum absolute atomic E-state index is 0.0558. The highest BCUT2D eigenvalue weighted by Crippen LogP contribution is 2.19. The highest BCUT2D eigenvalue weighted by atomic mass is 32.2. The van der Waals surface area contributed by atoms with E-state index < -0.39 is 9.84 Å². The fourth-order valence-corrected chi connectivity index (χ4v) is 4.11. The van der Waals surface area contributed by atoms with E-state index in [2.05, 4.69) is 0 Å². The summed E-state index contributed by atoms with van der Waals surface area (Å²) in [7, 11) is -2.93. The zero-order chi connectivity index (χ0) is 13.8. The molecule has 18 heavy (non-hydrogen) atoms. The number of carbonyl (C=O) groups excluding carboxylic acids is 1. The van der Waals surface area contributed by atoms with E-state index in [1.54, 1.807) is 4.90 Å². The third kappa shape index (κ3) is 4.57. The molecule has 5 nitrogen and oxygen atoms in total. The topological polar surface area (TPSA) is 80.5 Å². The van der Waals surface area contributed by atoms with Crippen LogP contribution in [-0.4, -0.2) is 49.4 Å². The summed E-state index contributed by atoms with van der Waals surface area (Å²) in [6.07, 6.45) is 2.64. The highest BCUT2D eigenvalue weighted by Gasteiger charge is 2.33. The molecule has 0 spiro atoms. The predicted octanol–water partition coefficient (Wildman–Crippen LogP) is 0.540. The molecule has 2 atom stereocenters. The van der Waals surface area contributed by atoms with E-state index in [4.69, 9.17) is 5.73 Å². The van der Waals surface area contributed by atoms with Crippen LogP contribution in [0.2, 0.25) is 0 Å². The summed E-state index contributed by atoms with van der Waals surface area (Å²) < 4.78 is 22.9. The van der Waals surface area contributed by atoms with Gasteiger partial charge in [-0.2, -0.15) is 0 Å². The maximum Gasteiger partial charge on any atom is 0.222 e. The Morgan fingerprint density at radius 1 is 1.50 bits per heavy atom. The Balaban J connectivity index is 2.48. The van der Waals surface area contributed by atoms with Crippen molar-refractivity contribution in [1.82, 2.24) is 4.90 Å². The quantitative estimate of drug-likeness (QED) is 0.768. The third-order valence-electron chi connectivity index (χ3n) is 3.36. The summed E-state index contributed by atoms with van der Waals surface area (Å²) in [5.74, 6) is 0.390. The van der Waals surface area contributed by atoms with Crippen molar-refractivity contribution in [3.63, 3.8) is 0 Å². The maximum absolute atomic E-state index is 12.0. The standard InChI is InChI=1S/C12H24N2O3S/c1-3-14(11-7-8-18(16,17)9-11)12(15)6-4-5-10(2)13/h10-11H,3-9,13H2,1-2H3. The fourth-order valence-electron chi connectivity index (χ4n) is 2.38. The van der Waals surface area contributed by atoms with Crippen molar-refractivity contribution < 1.29 is 13.2 Å². The molecule has 1 aliphatic rings. The van der Waals surface area contributed by atoms with Crippen LogP contribution in [0.25, 0.3) is 0 Å². The molecule has 0 aromatic rings. The molecule has 0 aromatic heterocycles. The second kappa shape index (κ2) is 6.52. The summed E-state index contributed by atoms with van der Waals surface area (Å²) in [5.41, 5.74) is 5.64. The SMILES string of the molecule is CCN(C(=O)CCCC(C)N)C1CCS(=O)(=O)C1. The normalized spacial score (nSPS) is 23.8. The number of amides is 1. The molecule has 0 aromatic carbocycles. The number of carbonyl (C=O) groups is 1. The van der Waals surface area contributed by atoms with Crippen molar-refractivity contribution in [2.45, 2.75) is 51.6 Å². The highest BCUT2D eigenvalue weighted by molar-refractivity contribution is 7.91. The lowest BCUT2D eigenvalue weighted by Crippen LogP contribution is -2.40. The number of hydrogen-bond acceptors (Lipinski definition) is 4. The lowest BCUT2D eigenvalue weighted by atomic mass is 10.1. The molecule has 1 aliphatic heterocycles. The van der Waals surface area contributed by atoms with Gasteiger partial charge in [0.2, 0.25) is 5.91 Å². The van der Waals surface area contributed by atoms with Crippen molar-refractivity contribution in [1.29, 1.82) is 0 Å². The number of nitrogens with two attached hydrogens (primary N) is 1. The van der Waals surface area contributed by atoms with Gasteiger partial charge in [-0.3, -0.25) is 4.79 Å². The van der Waals surface area contributed by atoms with Gasteiger partial charge >= 0.3 is 0 Å². The molecule has 0 aliphatic carbocycles. The number of hydrogen-bond donors (Lipinski definition) is 1. The van der Waals surface area contributed by atoms with Gasteiger partial charge in [-0.25, -0.2) is 8.42 Å². The molecule has 2 N–H and O–H groups in total. The van der Waals surface area contributed by atoms with E-state index in [-0.39, 0.29) is 29.5 Å². The molecule has 1 heterocycles. The Labute approximate surface area is 110 Å². The minimum Gasteiger partial charge on any atom is -0.339 e. The van der Waals surface area contributed by atoms with Crippen LogP contribution in [0.4, 0.5) is 0 Å². The summed E-state index contributed by atoms with van der Waals surface area (Å²) in [4.78, 5) is 13.8. The van der Waals surface area contributed by atoms with Crippen LogP contribution in [0.15, 0.2) is 0 Å². The molecule has 2 unspecified atom stereocenters. The molecule has 0 saturated carbocycles. The van der Waals surface area contributed by atoms with E-state index in [1.165, 1.54) is 0 Å². The van der Waals surface area contributed by atoms with Crippen LogP contribution in [0.3, 0.4) is 0 Å². The van der Waals surface area contributed by atoms with Crippen LogP contribution < -0.4 is 5.73 Å². The van der Waals surface area contributed by atoms with Gasteiger partial charge in [-0.1, -0.05) is 0 Å². The number of rotatable bonds is 6. The average molecular weight is 276 g/mol. The molecule has 1 rings (SSSR count). The first kappa shape index (κ1) is 15.4. The monoisotopic (exact) mass is 276 g/mol. The summed E-state index contributed by atoms with van der Waals surface area (Å²) in [6, 6.07) is -0.0115. The van der Waals surface area contributed by atoms with Crippen LogP contribution in [-0.2, 0) is 14.6 Å². The molecule has 0 bridgehead atoms. The Morgan fingerprint density at radius 3 is 2.61 bits per heavy atom. The lowest BCUT2D eigenvalue weighted by Gasteiger charge is -2.27. The van der Waals surface area contributed by atoms with Crippen molar-refractivity contribution in [2.75, 3.05) is 18.1 Å². The largest absolute Gasteiger partial charge is 0.339 e. The van der Waals surface area contributed by atoms with Crippen LogP contribution in [0.1, 0.15) is 39.5 Å². The maximum atomic E-state index is 12.0. The van der Waals surface area contributed by atoms with Gasteiger partial charge < -0.3 is 10.6 Å². The predicted molar refractivity (Wildman–Crippen MR) is 71.9 cm³/mol. The first-order valence-electron chi connectivity index (χ1n) is 6.61. The zero-order valence-electron chi connectivity index (χ0n) is 11.3. The minimum atomic E-state index is -2.93. The number of sulfone groups is 1. The van der Waals surface area contributed by atoms with E-state index in [1.807, 2.05) is 13.8 Å². The second-order valence-corrected chi connectivity index (χ2v) is 7.33. The molecule has 1 saturated heterocycles. The van der Waals surface area contributed by atoms with Crippen molar-refractivity contribution in [3.8, 4) is 0 Å². The van der Waals surface area contributed by atoms with Crippen molar-refractivity contribution in [3.05, 3.63) is 0 Å². The van der Waals surface area contributed by atoms with Gasteiger partial charge in [0.15, 0.2) is 9.84 Å². The van der Waals surface area contributed by atoms with Crippen molar-refractivity contribution >= 4 is 15.7 Å². The Kier molecular flexibility index (Phi) is 5.59. The molecule has 1 fully saturated rings. The van der Waals surface area contributed by atoms with E-state index in [0.29, 0.717) is 19.4 Å². The average Bonchev–Trinajstić information content (AvgIpc) is 2.59. The lowest BCUT2D eigenvalue weighted by molar-refractivity contribution is -0.132. The van der Waals surface area contributed by atoms with Crippen molar-refractivity contribution in [2.24, 2.45) is 5.73 Å². The van der Waals surface area contributed by atoms with Gasteiger partial charge in [0.1, 0.15) is 0 Å². The summed E-state index contributed by atoms with van der Waals surface area (Å²) in [5, 5.41) is 0. The molecule has 1 amide bonds. The van der Waals surface area contributed by atoms with Gasteiger partial charge in [0, 0.05) is 25.0 Å². The molecular weight excluding hydrogens is 252 g/mol. The second-order valence-electron chi connectivity index (χ2n) is 5.11. The van der Waals surface area contributed by atoms with E-state index in [0.717, 1.165) is 12.8 Å². The Bertz CT molecular complexity index is 379. The van der Waals surface area contributed by atoms with Crippen LogP contribution in [0.5, 0.6) is 0 Å². The van der Waals surface area contributed by atoms with E-state index in [9.17, 15) is 13.2 Å². The van der Waals surface area contributed by atoms with Gasteiger partial charge in [0.25, 0.3) is 0 Å². The van der Waals surface area contributed by atoms with E-state index >= 15 is 0 Å². The molecule has 0 radical (unpaired) electrons. The Hall–Kier alpha value is -0.620. The number of nitrogens with zero attached hydrogens (tertiary/aromatic N) is 1.